The van der Waals surface area contributed by atoms with Crippen LogP contribution in [0.15, 0.2) is 90.0 Å². The molecule has 2 fully saturated rings. The number of rotatable bonds is 44. The number of nitrogens with two attached hydrogens (primary N) is 1. The number of carbonyl (C=O) groups is 2. The predicted molar refractivity (Wildman–Crippen MR) is 293 cm³/mol. The Kier molecular flexibility index (Phi) is 34.5. The number of esters is 2. The van der Waals surface area contributed by atoms with E-state index in [9.17, 15) is 43.5 Å². The highest BCUT2D eigenvalue weighted by Crippen LogP contribution is 2.60. The van der Waals surface area contributed by atoms with Crippen LogP contribution in [0.25, 0.3) is 0 Å². The van der Waals surface area contributed by atoms with E-state index >= 15 is 0 Å². The summed E-state index contributed by atoms with van der Waals surface area (Å²) in [6.07, 6.45) is 42.9. The molecule has 1 aromatic rings. The van der Waals surface area contributed by atoms with Crippen LogP contribution in [-0.4, -0.2) is 97.9 Å². The molecule has 6 N–H and O–H groups in total. The van der Waals surface area contributed by atoms with Crippen LogP contribution in [0.2, 0.25) is 0 Å². The van der Waals surface area contributed by atoms with E-state index in [1.807, 2.05) is 12.2 Å². The molecule has 0 aliphatic carbocycles. The summed E-state index contributed by atoms with van der Waals surface area (Å²) in [5.41, 5.74) is 4.59. The standard InChI is InChI=1S/C55H89N3O16P2/c1-3-5-7-8-9-10-11-12-13-14-15-16-17-18-19-20-24-27-30-34-38-50(59)68-42-45(71-51(60)39-35-31-28-25-22-21-23-26-29-33-37-47-46(72-47)36-32-6-4-2)43-69-75(64,65)74-76(66,67)70-44-48-52(61)53(62)54(73-48)58-41-40-49(56)57-55(58)63/h10-11,13-14,16-17,21,23,25,28-29,33,40-41,45-48,52-54,61-62H,3-9,12,15,18-20,22,24,26-27,30-32,34-39,42-44H2,1-2H3,(H,64,65)(H,66,67)(H2,56,57,63)/b11-10-,14-13-,17-16-,23-21-,28-25-,33-29-/t45-,46?,47?,48-,52-,53-,54-/m1/s1. The van der Waals surface area contributed by atoms with Crippen molar-refractivity contribution in [3.63, 3.8) is 0 Å². The van der Waals surface area contributed by atoms with Crippen LogP contribution < -0.4 is 11.4 Å². The minimum Gasteiger partial charge on any atom is -0.462 e. The van der Waals surface area contributed by atoms with Crippen molar-refractivity contribution in [1.29, 1.82) is 0 Å². The molecule has 21 heteroatoms. The Balaban J connectivity index is 1.39. The highest BCUT2D eigenvalue weighted by molar-refractivity contribution is 7.61. The molecule has 0 aromatic carbocycles. The van der Waals surface area contributed by atoms with Gasteiger partial charge in [-0.2, -0.15) is 9.29 Å². The number of phosphoric ester groups is 2. The van der Waals surface area contributed by atoms with Gasteiger partial charge in [0.15, 0.2) is 12.3 Å². The first-order valence-electron chi connectivity index (χ1n) is 27.6. The maximum Gasteiger partial charge on any atom is 0.481 e. The summed E-state index contributed by atoms with van der Waals surface area (Å²) in [5.74, 6) is -1.39. The van der Waals surface area contributed by atoms with E-state index in [1.54, 1.807) is 0 Å². The van der Waals surface area contributed by atoms with E-state index in [0.29, 0.717) is 31.5 Å². The van der Waals surface area contributed by atoms with Crippen molar-refractivity contribution in [3.05, 3.63) is 95.7 Å². The Hall–Kier alpha value is -3.84. The lowest BCUT2D eigenvalue weighted by Crippen LogP contribution is -2.36. The monoisotopic (exact) mass is 1110 g/mol. The maximum absolute atomic E-state index is 12.9. The van der Waals surface area contributed by atoms with Crippen molar-refractivity contribution in [3.8, 4) is 0 Å². The number of hydrogen-bond donors (Lipinski definition) is 5. The summed E-state index contributed by atoms with van der Waals surface area (Å²) in [6.45, 7) is 2.05. The third-order valence-electron chi connectivity index (χ3n) is 12.4. The number of aliphatic hydroxyl groups excluding tert-OH is 2. The SMILES string of the molecule is CCCCCC/C=C\C/C=C\C/C=C\CCCCCCCCC(=O)OC[C@H](COP(=O)(O)OP(=O)(O)OC[C@H]1O[C@@H](n2ccc(N)nc2=O)[C@H](O)[C@@H]1O)OC(=O)CCC/C=C\C/C=C\C/C=C\CC1OC1CCCCC. The molecule has 0 spiro atoms. The predicted octanol–water partition coefficient (Wildman–Crippen LogP) is 11.0. The molecule has 0 amide bonds. The summed E-state index contributed by atoms with van der Waals surface area (Å²) < 4.78 is 62.6. The summed E-state index contributed by atoms with van der Waals surface area (Å²) >= 11 is 0. The first kappa shape index (κ1) is 66.4. The first-order valence-corrected chi connectivity index (χ1v) is 30.6. The van der Waals surface area contributed by atoms with Crippen LogP contribution in [0, 0.1) is 0 Å². The number of nitrogen functional groups attached to an aromatic ring is 1. The third kappa shape index (κ3) is 30.9. The zero-order valence-corrected chi connectivity index (χ0v) is 46.8. The Morgan fingerprint density at radius 1 is 0.658 bits per heavy atom. The number of ether oxygens (including phenoxy) is 4. The number of allylic oxidation sites excluding steroid dienone is 11. The number of hydrogen-bond acceptors (Lipinski definition) is 16. The third-order valence-corrected chi connectivity index (χ3v) is 15.0. The second-order valence-corrected chi connectivity index (χ2v) is 22.2. The Morgan fingerprint density at radius 2 is 1.20 bits per heavy atom. The zero-order valence-electron chi connectivity index (χ0n) is 45.0. The van der Waals surface area contributed by atoms with Crippen molar-refractivity contribution in [2.45, 2.75) is 217 Å². The second kappa shape index (κ2) is 39.5. The summed E-state index contributed by atoms with van der Waals surface area (Å²) in [6, 6.07) is 1.24. The van der Waals surface area contributed by atoms with Crippen molar-refractivity contribution in [1.82, 2.24) is 9.55 Å². The highest BCUT2D eigenvalue weighted by Gasteiger charge is 2.46. The van der Waals surface area contributed by atoms with E-state index in [2.05, 4.69) is 83.9 Å². The Labute approximate surface area is 450 Å². The number of carbonyl (C=O) groups excluding carboxylic acids is 2. The van der Waals surface area contributed by atoms with Gasteiger partial charge in [0.2, 0.25) is 0 Å². The van der Waals surface area contributed by atoms with E-state index in [-0.39, 0.29) is 18.7 Å². The van der Waals surface area contributed by atoms with Crippen LogP contribution in [-0.2, 0) is 51.0 Å². The number of unbranched alkanes of at least 4 members (excludes halogenated alkanes) is 13. The van der Waals surface area contributed by atoms with Gasteiger partial charge >= 0.3 is 33.3 Å². The molecule has 2 saturated heterocycles. The van der Waals surface area contributed by atoms with Gasteiger partial charge in [0.1, 0.15) is 30.7 Å². The normalized spacial score (nSPS) is 21.9. The van der Waals surface area contributed by atoms with Crippen molar-refractivity contribution in [2.75, 3.05) is 25.6 Å². The van der Waals surface area contributed by atoms with Gasteiger partial charge in [-0.15, -0.1) is 0 Å². The molecule has 0 bridgehead atoms. The van der Waals surface area contributed by atoms with Gasteiger partial charge in [-0.05, 0) is 89.5 Å². The zero-order chi connectivity index (χ0) is 55.3. The van der Waals surface area contributed by atoms with Crippen molar-refractivity contribution < 1.29 is 71.0 Å². The lowest BCUT2D eigenvalue weighted by atomic mass is 10.1. The molecular weight excluding hydrogens is 1020 g/mol. The maximum atomic E-state index is 12.9. The summed E-state index contributed by atoms with van der Waals surface area (Å²) in [5, 5.41) is 20.9. The van der Waals surface area contributed by atoms with Crippen molar-refractivity contribution in [2.24, 2.45) is 0 Å². The molecule has 430 valence electrons. The minimum atomic E-state index is -5.45. The van der Waals surface area contributed by atoms with Crippen LogP contribution in [0.5, 0.6) is 0 Å². The second-order valence-electron chi connectivity index (χ2n) is 19.1. The smallest absolute Gasteiger partial charge is 0.462 e. The molecule has 2 aliphatic rings. The van der Waals surface area contributed by atoms with Crippen LogP contribution >= 0.6 is 15.6 Å². The Bertz CT molecular complexity index is 2130. The molecule has 4 unspecified atom stereocenters. The molecule has 9 atom stereocenters. The van der Waals surface area contributed by atoms with Crippen LogP contribution in [0.1, 0.15) is 181 Å². The number of aromatic nitrogens is 2. The summed E-state index contributed by atoms with van der Waals surface area (Å²) in [7, 11) is -10.9. The van der Waals surface area contributed by atoms with Gasteiger partial charge in [-0.25, -0.2) is 13.9 Å². The molecule has 3 heterocycles. The van der Waals surface area contributed by atoms with Gasteiger partial charge in [0, 0.05) is 19.0 Å². The van der Waals surface area contributed by atoms with Gasteiger partial charge in [-0.1, -0.05) is 151 Å². The van der Waals surface area contributed by atoms with Gasteiger partial charge in [0.25, 0.3) is 0 Å². The number of aliphatic hydroxyl groups is 2. The number of epoxide rings is 1. The molecule has 76 heavy (non-hydrogen) atoms. The van der Waals surface area contributed by atoms with E-state index in [0.717, 1.165) is 94.2 Å². The molecule has 3 rings (SSSR count). The molecule has 0 saturated carbocycles. The minimum absolute atomic E-state index is 0.0360. The summed E-state index contributed by atoms with van der Waals surface area (Å²) in [4.78, 5) is 62.1. The quantitative estimate of drug-likeness (QED) is 0.0133. The van der Waals surface area contributed by atoms with Crippen LogP contribution in [0.4, 0.5) is 5.82 Å². The largest absolute Gasteiger partial charge is 0.481 e. The number of phosphoric acid groups is 2. The molecule has 19 nitrogen and oxygen atoms in total. The molecule has 2 aliphatic heterocycles. The lowest BCUT2D eigenvalue weighted by Gasteiger charge is -2.21. The average molecular weight is 1110 g/mol. The lowest BCUT2D eigenvalue weighted by molar-refractivity contribution is -0.161. The molecule has 0 radical (unpaired) electrons. The molecule has 1 aromatic heterocycles. The highest BCUT2D eigenvalue weighted by atomic mass is 31.3. The first-order chi connectivity index (χ1) is 36.6. The fourth-order valence-electron chi connectivity index (χ4n) is 8.05. The van der Waals surface area contributed by atoms with Gasteiger partial charge < -0.3 is 44.7 Å². The average Bonchev–Trinajstić information content (AvgIpc) is 4.07. The van der Waals surface area contributed by atoms with E-state index in [1.165, 1.54) is 51.0 Å². The molecular formula is C55H89N3O16P2. The number of anilines is 1. The van der Waals surface area contributed by atoms with Gasteiger partial charge in [-0.3, -0.25) is 23.2 Å². The van der Waals surface area contributed by atoms with Crippen molar-refractivity contribution >= 4 is 33.4 Å². The number of nitrogens with zero attached hydrogens (tertiary/aromatic N) is 2. The fourth-order valence-corrected chi connectivity index (χ4v) is 10.2. The fraction of sp³-hybridized carbons (Fsp3) is 0.673. The Morgan fingerprint density at radius 3 is 1.83 bits per heavy atom. The van der Waals surface area contributed by atoms with E-state index < -0.39 is 83.7 Å². The van der Waals surface area contributed by atoms with E-state index in [4.69, 9.17) is 33.7 Å². The van der Waals surface area contributed by atoms with Gasteiger partial charge in [0.05, 0.1) is 25.4 Å². The van der Waals surface area contributed by atoms with Crippen LogP contribution in [0.3, 0.4) is 0 Å². The topological polar surface area (TPSA) is 278 Å².